The van der Waals surface area contributed by atoms with Crippen LogP contribution in [0.3, 0.4) is 0 Å². The van der Waals surface area contributed by atoms with Gasteiger partial charge >= 0.3 is 0 Å². The Balaban J connectivity index is 0.00000120. The third-order valence-electron chi connectivity index (χ3n) is 3.29. The zero-order chi connectivity index (χ0) is 11.8. The number of halogens is 2. The lowest BCUT2D eigenvalue weighted by molar-refractivity contribution is 0.370. The zero-order valence-electron chi connectivity index (χ0n) is 10.1. The fraction of sp³-hybridized carbons (Fsp3) is 0.286. The Bertz CT molecular complexity index is 590. The van der Waals surface area contributed by atoms with Gasteiger partial charge < -0.3 is 4.90 Å². The lowest BCUT2D eigenvalue weighted by atomic mass is 9.99. The molecule has 2 heterocycles. The predicted molar refractivity (Wildman–Crippen MR) is 82.2 cm³/mol. The summed E-state index contributed by atoms with van der Waals surface area (Å²) in [5, 5.41) is 3.21. The second-order valence-corrected chi connectivity index (χ2v) is 5.44. The first-order valence-corrected chi connectivity index (χ1v) is 6.67. The molecule has 0 atom stereocenters. The van der Waals surface area contributed by atoms with Crippen molar-refractivity contribution in [2.45, 2.75) is 6.42 Å². The van der Waals surface area contributed by atoms with Gasteiger partial charge in [-0.25, -0.2) is 4.39 Å². The standard InChI is InChI=1S/C14H14FNS.BrH/c1-16-6-4-10(5-7-16)13-9-17-14-3-2-11(15)8-12(13)14;/h2-4,8-9H,5-7H2,1H3;1H. The fourth-order valence-electron chi connectivity index (χ4n) is 2.27. The molecule has 0 spiro atoms. The lowest BCUT2D eigenvalue weighted by Gasteiger charge is -2.21. The molecule has 0 N–H and O–H groups in total. The molecule has 1 aliphatic heterocycles. The van der Waals surface area contributed by atoms with E-state index < -0.39 is 0 Å². The summed E-state index contributed by atoms with van der Waals surface area (Å²) >= 11 is 1.70. The van der Waals surface area contributed by atoms with E-state index in [1.165, 1.54) is 21.9 Å². The van der Waals surface area contributed by atoms with E-state index in [-0.39, 0.29) is 22.8 Å². The number of rotatable bonds is 1. The molecule has 1 nitrogen and oxygen atoms in total. The van der Waals surface area contributed by atoms with Gasteiger partial charge in [0, 0.05) is 23.2 Å². The summed E-state index contributed by atoms with van der Waals surface area (Å²) in [4.78, 5) is 2.29. The third-order valence-corrected chi connectivity index (χ3v) is 4.26. The van der Waals surface area contributed by atoms with Gasteiger partial charge in [0.15, 0.2) is 0 Å². The highest BCUT2D eigenvalue weighted by atomic mass is 79.9. The number of fused-ring (bicyclic) bond motifs is 1. The summed E-state index contributed by atoms with van der Waals surface area (Å²) in [6.07, 6.45) is 3.31. The number of thiophene rings is 1. The average Bonchev–Trinajstić information content (AvgIpc) is 2.73. The molecule has 1 aliphatic rings. The van der Waals surface area contributed by atoms with Crippen LogP contribution in [0.1, 0.15) is 12.0 Å². The van der Waals surface area contributed by atoms with Crippen LogP contribution in [0.5, 0.6) is 0 Å². The van der Waals surface area contributed by atoms with Gasteiger partial charge in [-0.2, -0.15) is 0 Å². The Labute approximate surface area is 121 Å². The van der Waals surface area contributed by atoms with Crippen LogP contribution in [-0.4, -0.2) is 25.0 Å². The van der Waals surface area contributed by atoms with E-state index in [4.69, 9.17) is 0 Å². The maximum Gasteiger partial charge on any atom is 0.123 e. The fourth-order valence-corrected chi connectivity index (χ4v) is 3.23. The van der Waals surface area contributed by atoms with Gasteiger partial charge in [-0.1, -0.05) is 6.08 Å². The van der Waals surface area contributed by atoms with E-state index in [0.29, 0.717) is 0 Å². The number of benzene rings is 1. The van der Waals surface area contributed by atoms with Crippen molar-refractivity contribution < 1.29 is 4.39 Å². The summed E-state index contributed by atoms with van der Waals surface area (Å²) in [5.41, 5.74) is 2.58. The summed E-state index contributed by atoms with van der Waals surface area (Å²) in [5.74, 6) is -0.148. The van der Waals surface area contributed by atoms with Gasteiger partial charge in [-0.05, 0) is 48.2 Å². The molecule has 0 bridgehead atoms. The molecular formula is C14H15BrFNS. The molecule has 4 heteroatoms. The quantitative estimate of drug-likeness (QED) is 0.753. The molecule has 2 aromatic rings. The first-order valence-electron chi connectivity index (χ1n) is 5.79. The van der Waals surface area contributed by atoms with Crippen molar-refractivity contribution >= 4 is 44.0 Å². The molecular weight excluding hydrogens is 313 g/mol. The molecule has 0 fully saturated rings. The molecule has 0 amide bonds. The molecule has 1 aromatic carbocycles. The van der Waals surface area contributed by atoms with Crippen molar-refractivity contribution in [2.75, 3.05) is 20.1 Å². The molecule has 0 unspecified atom stereocenters. The minimum Gasteiger partial charge on any atom is -0.302 e. The van der Waals surface area contributed by atoms with Crippen LogP contribution < -0.4 is 0 Å². The number of nitrogens with zero attached hydrogens (tertiary/aromatic N) is 1. The molecule has 1 aromatic heterocycles. The van der Waals surface area contributed by atoms with E-state index in [9.17, 15) is 4.39 Å². The van der Waals surface area contributed by atoms with Gasteiger partial charge in [0.2, 0.25) is 0 Å². The highest BCUT2D eigenvalue weighted by Gasteiger charge is 2.13. The van der Waals surface area contributed by atoms with Crippen LogP contribution >= 0.6 is 28.3 Å². The predicted octanol–water partition coefficient (Wildman–Crippen LogP) is 4.34. The second kappa shape index (κ2) is 5.51. The monoisotopic (exact) mass is 327 g/mol. The lowest BCUT2D eigenvalue weighted by Crippen LogP contribution is -2.23. The number of likely N-dealkylation sites (N-methyl/N-ethyl adjacent to an activating group) is 1. The highest BCUT2D eigenvalue weighted by Crippen LogP contribution is 2.33. The van der Waals surface area contributed by atoms with Gasteiger partial charge in [0.05, 0.1) is 0 Å². The summed E-state index contributed by atoms with van der Waals surface area (Å²) in [7, 11) is 2.12. The SMILES string of the molecule is Br.CN1CC=C(c2csc3ccc(F)cc23)CC1. The molecule has 0 saturated carbocycles. The van der Waals surface area contributed by atoms with E-state index >= 15 is 0 Å². The maximum absolute atomic E-state index is 13.3. The van der Waals surface area contributed by atoms with Crippen molar-refractivity contribution in [3.63, 3.8) is 0 Å². The molecule has 3 rings (SSSR count). The van der Waals surface area contributed by atoms with E-state index in [2.05, 4.69) is 23.4 Å². The van der Waals surface area contributed by atoms with Gasteiger partial charge in [-0.15, -0.1) is 28.3 Å². The summed E-state index contributed by atoms with van der Waals surface area (Å²) in [6.45, 7) is 2.07. The summed E-state index contributed by atoms with van der Waals surface area (Å²) < 4.78 is 14.5. The number of hydrogen-bond acceptors (Lipinski definition) is 2. The second-order valence-electron chi connectivity index (χ2n) is 4.53. The van der Waals surface area contributed by atoms with Crippen molar-refractivity contribution in [1.82, 2.24) is 4.90 Å². The highest BCUT2D eigenvalue weighted by molar-refractivity contribution is 8.93. The first kappa shape index (κ1) is 13.7. The van der Waals surface area contributed by atoms with Crippen molar-refractivity contribution in [1.29, 1.82) is 0 Å². The third kappa shape index (κ3) is 2.51. The maximum atomic E-state index is 13.3. The normalized spacial score (nSPS) is 16.4. The molecule has 0 saturated heterocycles. The Hall–Kier alpha value is -0.710. The van der Waals surface area contributed by atoms with Crippen LogP contribution in [0.4, 0.5) is 4.39 Å². The first-order chi connectivity index (χ1) is 8.24. The largest absolute Gasteiger partial charge is 0.302 e. The van der Waals surface area contributed by atoms with E-state index in [1.54, 1.807) is 17.4 Å². The topological polar surface area (TPSA) is 3.24 Å². The Kier molecular flexibility index (Phi) is 4.20. The Morgan fingerprint density at radius 1 is 1.33 bits per heavy atom. The average molecular weight is 328 g/mol. The molecule has 0 aliphatic carbocycles. The zero-order valence-corrected chi connectivity index (χ0v) is 12.7. The number of hydrogen-bond donors (Lipinski definition) is 0. The minimum atomic E-state index is -0.148. The van der Waals surface area contributed by atoms with Crippen LogP contribution in [0.2, 0.25) is 0 Å². The van der Waals surface area contributed by atoms with Crippen molar-refractivity contribution in [3.8, 4) is 0 Å². The van der Waals surface area contributed by atoms with Crippen LogP contribution in [0, 0.1) is 5.82 Å². The van der Waals surface area contributed by atoms with E-state index in [0.717, 1.165) is 24.9 Å². The van der Waals surface area contributed by atoms with Crippen molar-refractivity contribution in [2.24, 2.45) is 0 Å². The van der Waals surface area contributed by atoms with Gasteiger partial charge in [0.25, 0.3) is 0 Å². The van der Waals surface area contributed by atoms with Crippen LogP contribution in [0.15, 0.2) is 29.7 Å². The van der Waals surface area contributed by atoms with Gasteiger partial charge in [-0.3, -0.25) is 0 Å². The van der Waals surface area contributed by atoms with Crippen LogP contribution in [0.25, 0.3) is 15.7 Å². The van der Waals surface area contributed by atoms with Crippen LogP contribution in [-0.2, 0) is 0 Å². The smallest absolute Gasteiger partial charge is 0.123 e. The minimum absolute atomic E-state index is 0. The Morgan fingerprint density at radius 3 is 2.89 bits per heavy atom. The van der Waals surface area contributed by atoms with Crippen molar-refractivity contribution in [3.05, 3.63) is 41.0 Å². The Morgan fingerprint density at radius 2 is 2.17 bits per heavy atom. The molecule has 96 valence electrons. The summed E-state index contributed by atoms with van der Waals surface area (Å²) in [6, 6.07) is 5.06. The molecule has 0 radical (unpaired) electrons. The molecule has 18 heavy (non-hydrogen) atoms. The van der Waals surface area contributed by atoms with Gasteiger partial charge in [0.1, 0.15) is 5.82 Å². The van der Waals surface area contributed by atoms with E-state index in [1.807, 2.05) is 6.07 Å².